The quantitative estimate of drug-likeness (QED) is 0.279. The number of hydrogen-bond donors (Lipinski definition) is 2. The van der Waals surface area contributed by atoms with Gasteiger partial charge in [0.2, 0.25) is 5.91 Å². The largest absolute Gasteiger partial charge is 0.335 e. The standard InChI is InChI=1S/C24H26N4O3S2/c1-2-13-28-22(30)20-18(16-8-4-3-5-9-16)15-33-21(20)27-24(28)32-14-12-19(29)26-23(31)25-17-10-6-7-11-17/h2-5,8-9,15,17H,1,6-7,10-14H2,(H2,25,26,29,31). The van der Waals surface area contributed by atoms with E-state index in [1.165, 1.54) is 23.1 Å². The van der Waals surface area contributed by atoms with Crippen molar-refractivity contribution in [2.45, 2.75) is 49.8 Å². The monoisotopic (exact) mass is 482 g/mol. The van der Waals surface area contributed by atoms with Crippen molar-refractivity contribution in [3.05, 3.63) is 58.7 Å². The number of rotatable bonds is 8. The maximum Gasteiger partial charge on any atom is 0.321 e. The lowest BCUT2D eigenvalue weighted by Gasteiger charge is -2.12. The molecule has 2 heterocycles. The summed E-state index contributed by atoms with van der Waals surface area (Å²) in [5, 5.41) is 8.32. The Balaban J connectivity index is 1.45. The molecule has 0 radical (unpaired) electrons. The predicted molar refractivity (Wildman–Crippen MR) is 134 cm³/mol. The second-order valence-corrected chi connectivity index (χ2v) is 9.82. The number of amides is 3. The maximum absolute atomic E-state index is 13.3. The van der Waals surface area contributed by atoms with E-state index in [0.29, 0.717) is 27.7 Å². The molecule has 2 N–H and O–H groups in total. The van der Waals surface area contributed by atoms with Crippen molar-refractivity contribution in [2.24, 2.45) is 0 Å². The number of fused-ring (bicyclic) bond motifs is 1. The number of nitrogens with zero attached hydrogens (tertiary/aromatic N) is 2. The molecule has 0 unspecified atom stereocenters. The Morgan fingerprint density at radius 2 is 2.00 bits per heavy atom. The van der Waals surface area contributed by atoms with E-state index in [4.69, 9.17) is 4.98 Å². The van der Waals surface area contributed by atoms with Gasteiger partial charge in [-0.25, -0.2) is 9.78 Å². The van der Waals surface area contributed by atoms with Gasteiger partial charge in [-0.2, -0.15) is 0 Å². The lowest BCUT2D eigenvalue weighted by molar-refractivity contribution is -0.119. The Labute approximate surface area is 200 Å². The molecule has 1 aliphatic rings. The molecule has 1 aromatic carbocycles. The molecule has 2 aromatic heterocycles. The second-order valence-electron chi connectivity index (χ2n) is 7.90. The topological polar surface area (TPSA) is 93.1 Å². The highest BCUT2D eigenvalue weighted by atomic mass is 32.2. The van der Waals surface area contributed by atoms with E-state index in [2.05, 4.69) is 17.2 Å². The number of aromatic nitrogens is 2. The first-order valence-corrected chi connectivity index (χ1v) is 12.8. The molecule has 9 heteroatoms. The summed E-state index contributed by atoms with van der Waals surface area (Å²) in [7, 11) is 0. The van der Waals surface area contributed by atoms with Crippen LogP contribution >= 0.6 is 23.1 Å². The minimum atomic E-state index is -0.438. The third-order valence-corrected chi connectivity index (χ3v) is 7.41. The van der Waals surface area contributed by atoms with Crippen LogP contribution in [0.4, 0.5) is 4.79 Å². The Morgan fingerprint density at radius 3 is 2.73 bits per heavy atom. The van der Waals surface area contributed by atoms with Crippen LogP contribution in [-0.4, -0.2) is 33.3 Å². The number of thioether (sulfide) groups is 1. The van der Waals surface area contributed by atoms with E-state index >= 15 is 0 Å². The average molecular weight is 483 g/mol. The fourth-order valence-electron chi connectivity index (χ4n) is 3.95. The molecule has 172 valence electrons. The summed E-state index contributed by atoms with van der Waals surface area (Å²) in [5.74, 6) is 0.0494. The molecule has 1 saturated carbocycles. The number of carbonyl (C=O) groups is 2. The van der Waals surface area contributed by atoms with Gasteiger partial charge < -0.3 is 5.32 Å². The highest BCUT2D eigenvalue weighted by Crippen LogP contribution is 2.32. The van der Waals surface area contributed by atoms with Gasteiger partial charge in [0, 0.05) is 35.7 Å². The van der Waals surface area contributed by atoms with Crippen LogP contribution in [0.3, 0.4) is 0 Å². The van der Waals surface area contributed by atoms with Crippen molar-refractivity contribution in [1.29, 1.82) is 0 Å². The van der Waals surface area contributed by atoms with Gasteiger partial charge in [0.25, 0.3) is 5.56 Å². The van der Waals surface area contributed by atoms with E-state index in [9.17, 15) is 14.4 Å². The molecule has 4 rings (SSSR count). The zero-order valence-corrected chi connectivity index (χ0v) is 19.8. The van der Waals surface area contributed by atoms with Gasteiger partial charge in [0.15, 0.2) is 5.16 Å². The lowest BCUT2D eigenvalue weighted by atomic mass is 10.1. The molecule has 3 amide bonds. The third-order valence-electron chi connectivity index (χ3n) is 5.56. The number of hydrogen-bond acceptors (Lipinski definition) is 6. The van der Waals surface area contributed by atoms with E-state index in [0.717, 1.165) is 36.8 Å². The van der Waals surface area contributed by atoms with Gasteiger partial charge in [0.1, 0.15) is 4.83 Å². The fraction of sp³-hybridized carbons (Fsp3) is 0.333. The van der Waals surface area contributed by atoms with Gasteiger partial charge in [-0.15, -0.1) is 17.9 Å². The number of thiophene rings is 1. The summed E-state index contributed by atoms with van der Waals surface area (Å²) < 4.78 is 1.59. The molecular weight excluding hydrogens is 456 g/mol. The molecule has 1 aliphatic carbocycles. The van der Waals surface area contributed by atoms with Crippen LogP contribution in [0.5, 0.6) is 0 Å². The van der Waals surface area contributed by atoms with Crippen molar-refractivity contribution < 1.29 is 9.59 Å². The number of carbonyl (C=O) groups excluding carboxylic acids is 2. The van der Waals surface area contributed by atoms with Gasteiger partial charge in [-0.3, -0.25) is 19.5 Å². The van der Waals surface area contributed by atoms with Gasteiger partial charge >= 0.3 is 6.03 Å². The molecule has 0 spiro atoms. The zero-order valence-electron chi connectivity index (χ0n) is 18.2. The SMILES string of the molecule is C=CCn1c(SCCC(=O)NC(=O)NC2CCCC2)nc2scc(-c3ccccc3)c2c1=O. The van der Waals surface area contributed by atoms with Crippen LogP contribution < -0.4 is 16.2 Å². The van der Waals surface area contributed by atoms with E-state index in [1.54, 1.807) is 10.6 Å². The molecule has 3 aromatic rings. The minimum absolute atomic E-state index is 0.122. The van der Waals surface area contributed by atoms with Gasteiger partial charge in [-0.05, 0) is 18.4 Å². The fourth-order valence-corrected chi connectivity index (χ4v) is 5.89. The van der Waals surface area contributed by atoms with Gasteiger partial charge in [-0.1, -0.05) is 61.0 Å². The Morgan fingerprint density at radius 1 is 1.24 bits per heavy atom. The van der Waals surface area contributed by atoms with Crippen LogP contribution in [0.1, 0.15) is 32.1 Å². The maximum atomic E-state index is 13.3. The number of nitrogens with one attached hydrogen (secondary N) is 2. The smallest absolute Gasteiger partial charge is 0.321 e. The lowest BCUT2D eigenvalue weighted by Crippen LogP contribution is -2.43. The van der Waals surface area contributed by atoms with Gasteiger partial charge in [0.05, 0.1) is 5.39 Å². The summed E-state index contributed by atoms with van der Waals surface area (Å²) in [6.45, 7) is 4.09. The highest BCUT2D eigenvalue weighted by molar-refractivity contribution is 7.99. The van der Waals surface area contributed by atoms with Crippen LogP contribution in [-0.2, 0) is 11.3 Å². The van der Waals surface area contributed by atoms with Crippen molar-refractivity contribution in [1.82, 2.24) is 20.2 Å². The van der Waals surface area contributed by atoms with Crippen molar-refractivity contribution in [3.8, 4) is 11.1 Å². The van der Waals surface area contributed by atoms with E-state index < -0.39 is 6.03 Å². The van der Waals surface area contributed by atoms with E-state index in [-0.39, 0.29) is 23.9 Å². The van der Waals surface area contributed by atoms with Crippen LogP contribution in [0.15, 0.2) is 58.3 Å². The summed E-state index contributed by atoms with van der Waals surface area (Å²) in [6.07, 6.45) is 5.94. The second kappa shape index (κ2) is 10.8. The summed E-state index contributed by atoms with van der Waals surface area (Å²) in [4.78, 5) is 42.9. The first-order valence-electron chi connectivity index (χ1n) is 11.0. The van der Waals surface area contributed by atoms with Crippen LogP contribution in [0.25, 0.3) is 21.3 Å². The molecular formula is C24H26N4O3S2. The summed E-state index contributed by atoms with van der Waals surface area (Å²) in [5.41, 5.74) is 1.72. The minimum Gasteiger partial charge on any atom is -0.335 e. The van der Waals surface area contributed by atoms with Crippen molar-refractivity contribution in [3.63, 3.8) is 0 Å². The number of urea groups is 1. The molecule has 0 saturated heterocycles. The van der Waals surface area contributed by atoms with Crippen molar-refractivity contribution in [2.75, 3.05) is 5.75 Å². The third kappa shape index (κ3) is 5.54. The number of imide groups is 1. The first kappa shape index (κ1) is 23.3. The normalized spacial score (nSPS) is 13.8. The first-order chi connectivity index (χ1) is 16.1. The molecule has 0 aliphatic heterocycles. The Hall–Kier alpha value is -2.91. The number of benzene rings is 1. The highest BCUT2D eigenvalue weighted by Gasteiger charge is 2.19. The van der Waals surface area contributed by atoms with Crippen molar-refractivity contribution >= 4 is 45.3 Å². The molecule has 0 bridgehead atoms. The molecule has 7 nitrogen and oxygen atoms in total. The molecule has 1 fully saturated rings. The van der Waals surface area contributed by atoms with E-state index in [1.807, 2.05) is 35.7 Å². The average Bonchev–Trinajstić information content (AvgIpc) is 3.46. The summed E-state index contributed by atoms with van der Waals surface area (Å²) >= 11 is 2.76. The number of allylic oxidation sites excluding steroid dienone is 1. The zero-order chi connectivity index (χ0) is 23.2. The molecule has 33 heavy (non-hydrogen) atoms. The Bertz CT molecular complexity index is 1210. The summed E-state index contributed by atoms with van der Waals surface area (Å²) in [6, 6.07) is 9.49. The predicted octanol–water partition coefficient (Wildman–Crippen LogP) is 4.56. The van der Waals surface area contributed by atoms with Crippen LogP contribution in [0.2, 0.25) is 0 Å². The Kier molecular flexibility index (Phi) is 7.61. The van der Waals surface area contributed by atoms with Crippen LogP contribution in [0, 0.1) is 0 Å². The molecule has 0 atom stereocenters.